The van der Waals surface area contributed by atoms with E-state index >= 15 is 0 Å². The van der Waals surface area contributed by atoms with Gasteiger partial charge < -0.3 is 14.5 Å². The summed E-state index contributed by atoms with van der Waals surface area (Å²) in [7, 11) is 0. The Morgan fingerprint density at radius 2 is 1.60 bits per heavy atom. The van der Waals surface area contributed by atoms with Gasteiger partial charge in [-0.05, 0) is 46.2 Å². The zero-order valence-corrected chi connectivity index (χ0v) is 21.2. The Hall–Kier alpha value is -3.67. The van der Waals surface area contributed by atoms with Gasteiger partial charge in [-0.25, -0.2) is 14.8 Å². The Balaban J connectivity index is 1.55. The van der Waals surface area contributed by atoms with E-state index in [1.807, 2.05) is 75.2 Å². The molecule has 0 spiro atoms. The number of ether oxygens (including phenoxy) is 1. The third-order valence-electron chi connectivity index (χ3n) is 5.97. The van der Waals surface area contributed by atoms with Crippen LogP contribution < -0.4 is 4.90 Å². The molecule has 35 heavy (non-hydrogen) atoms. The van der Waals surface area contributed by atoms with E-state index in [0.29, 0.717) is 12.4 Å². The predicted octanol–water partition coefficient (Wildman–Crippen LogP) is 6.00. The molecule has 0 unspecified atom stereocenters. The Bertz CT molecular complexity index is 1140. The molecule has 0 aliphatic carbocycles. The quantitative estimate of drug-likeness (QED) is 0.439. The summed E-state index contributed by atoms with van der Waals surface area (Å²) in [5.41, 5.74) is 4.55. The average Bonchev–Trinajstić information content (AvgIpc) is 2.83. The second-order valence-electron chi connectivity index (χ2n) is 10.00. The zero-order chi connectivity index (χ0) is 25.0. The van der Waals surface area contributed by atoms with Crippen LogP contribution in [0.1, 0.15) is 44.4 Å². The molecular formula is C29H34N4O2. The molecule has 0 saturated carbocycles. The number of aromatic nitrogens is 1. The summed E-state index contributed by atoms with van der Waals surface area (Å²) >= 11 is 0. The summed E-state index contributed by atoms with van der Waals surface area (Å²) in [6.07, 6.45) is 1.63. The number of piperazine rings is 1. The normalized spacial score (nSPS) is 16.1. The SMILES string of the molecule is Cc1cc(N2CCN(C(=O)OC(C)(C)C)[C@@H](C)C2)cnc1N=C(c1ccccc1)c1ccccc1. The van der Waals surface area contributed by atoms with Crippen LogP contribution in [-0.4, -0.2) is 53.0 Å². The molecule has 1 fully saturated rings. The first-order valence-corrected chi connectivity index (χ1v) is 12.1. The molecule has 2 aromatic carbocycles. The van der Waals surface area contributed by atoms with Crippen LogP contribution in [0.4, 0.5) is 16.3 Å². The highest BCUT2D eigenvalue weighted by Crippen LogP contribution is 2.26. The van der Waals surface area contributed by atoms with Crippen molar-refractivity contribution < 1.29 is 9.53 Å². The molecule has 6 nitrogen and oxygen atoms in total. The number of benzene rings is 2. The Morgan fingerprint density at radius 1 is 1.00 bits per heavy atom. The fourth-order valence-electron chi connectivity index (χ4n) is 4.22. The highest BCUT2D eigenvalue weighted by atomic mass is 16.6. The van der Waals surface area contributed by atoms with Gasteiger partial charge in [-0.3, -0.25) is 0 Å². The Labute approximate surface area is 208 Å². The predicted molar refractivity (Wildman–Crippen MR) is 142 cm³/mol. The fraction of sp³-hybridized carbons (Fsp3) is 0.345. The maximum atomic E-state index is 12.6. The molecular weight excluding hydrogens is 436 g/mol. The first kappa shape index (κ1) is 24.5. The van der Waals surface area contributed by atoms with Gasteiger partial charge >= 0.3 is 6.09 Å². The lowest BCUT2D eigenvalue weighted by Gasteiger charge is -2.41. The maximum Gasteiger partial charge on any atom is 0.410 e. The highest BCUT2D eigenvalue weighted by molar-refractivity contribution is 6.13. The molecule has 1 amide bonds. The molecule has 1 aliphatic rings. The number of nitrogens with zero attached hydrogens (tertiary/aromatic N) is 4. The summed E-state index contributed by atoms with van der Waals surface area (Å²) in [6, 6.07) is 22.6. The van der Waals surface area contributed by atoms with E-state index in [1.54, 1.807) is 0 Å². The number of aryl methyl sites for hydroxylation is 1. The third-order valence-corrected chi connectivity index (χ3v) is 5.97. The second-order valence-corrected chi connectivity index (χ2v) is 10.00. The van der Waals surface area contributed by atoms with Crippen LogP contribution in [0.2, 0.25) is 0 Å². The summed E-state index contributed by atoms with van der Waals surface area (Å²) in [5.74, 6) is 0.705. The molecule has 0 N–H and O–H groups in total. The van der Waals surface area contributed by atoms with Crippen molar-refractivity contribution in [2.24, 2.45) is 4.99 Å². The Kier molecular flexibility index (Phi) is 7.20. The number of pyridine rings is 1. The van der Waals surface area contributed by atoms with Crippen molar-refractivity contribution in [3.63, 3.8) is 0 Å². The van der Waals surface area contributed by atoms with Crippen LogP contribution in [0.3, 0.4) is 0 Å². The molecule has 3 aromatic rings. The number of rotatable bonds is 4. The van der Waals surface area contributed by atoms with Crippen LogP contribution in [-0.2, 0) is 4.74 Å². The molecule has 2 heterocycles. The summed E-state index contributed by atoms with van der Waals surface area (Å²) in [4.78, 5) is 26.4. The highest BCUT2D eigenvalue weighted by Gasteiger charge is 2.31. The molecule has 1 atom stereocenters. The average molecular weight is 471 g/mol. The molecule has 182 valence electrons. The maximum absolute atomic E-state index is 12.6. The van der Waals surface area contributed by atoms with Gasteiger partial charge in [-0.1, -0.05) is 60.7 Å². The molecule has 6 heteroatoms. The molecule has 1 aliphatic heterocycles. The summed E-state index contributed by atoms with van der Waals surface area (Å²) < 4.78 is 5.57. The fourth-order valence-corrected chi connectivity index (χ4v) is 4.22. The number of carbonyl (C=O) groups excluding carboxylic acids is 1. The lowest BCUT2D eigenvalue weighted by molar-refractivity contribution is 0.0159. The van der Waals surface area contributed by atoms with Gasteiger partial charge in [0.2, 0.25) is 0 Å². The van der Waals surface area contributed by atoms with Crippen LogP contribution in [0, 0.1) is 6.92 Å². The third kappa shape index (κ3) is 6.07. The minimum atomic E-state index is -0.496. The van der Waals surface area contributed by atoms with Gasteiger partial charge in [0.25, 0.3) is 0 Å². The van der Waals surface area contributed by atoms with Gasteiger partial charge in [0.15, 0.2) is 5.82 Å². The lowest BCUT2D eigenvalue weighted by atomic mass is 10.0. The van der Waals surface area contributed by atoms with Crippen molar-refractivity contribution in [2.45, 2.75) is 46.3 Å². The van der Waals surface area contributed by atoms with E-state index in [-0.39, 0.29) is 12.1 Å². The lowest BCUT2D eigenvalue weighted by Crippen LogP contribution is -2.55. The van der Waals surface area contributed by atoms with Gasteiger partial charge in [0.05, 0.1) is 17.6 Å². The number of amides is 1. The van der Waals surface area contributed by atoms with Crippen molar-refractivity contribution in [3.8, 4) is 0 Å². The molecule has 0 radical (unpaired) electrons. The van der Waals surface area contributed by atoms with Crippen LogP contribution in [0.5, 0.6) is 0 Å². The first-order valence-electron chi connectivity index (χ1n) is 12.1. The topological polar surface area (TPSA) is 58.0 Å². The van der Waals surface area contributed by atoms with E-state index in [2.05, 4.69) is 42.2 Å². The smallest absolute Gasteiger partial charge is 0.410 e. The van der Waals surface area contributed by atoms with E-state index in [0.717, 1.165) is 41.2 Å². The molecule has 4 rings (SSSR count). The van der Waals surface area contributed by atoms with Crippen molar-refractivity contribution in [3.05, 3.63) is 89.6 Å². The van der Waals surface area contributed by atoms with Crippen LogP contribution in [0.15, 0.2) is 77.9 Å². The molecule has 1 aromatic heterocycles. The Morgan fingerprint density at radius 3 is 2.11 bits per heavy atom. The number of carbonyl (C=O) groups is 1. The molecule has 0 bridgehead atoms. The van der Waals surface area contributed by atoms with Crippen LogP contribution in [0.25, 0.3) is 0 Å². The number of hydrogen-bond donors (Lipinski definition) is 0. The van der Waals surface area contributed by atoms with Gasteiger partial charge in [0.1, 0.15) is 5.60 Å². The largest absolute Gasteiger partial charge is 0.444 e. The van der Waals surface area contributed by atoms with Gasteiger partial charge in [-0.2, -0.15) is 0 Å². The van der Waals surface area contributed by atoms with Crippen molar-refractivity contribution in [1.82, 2.24) is 9.88 Å². The minimum Gasteiger partial charge on any atom is -0.444 e. The second kappa shape index (κ2) is 10.3. The minimum absolute atomic E-state index is 0.0411. The van der Waals surface area contributed by atoms with Crippen LogP contribution >= 0.6 is 0 Å². The van der Waals surface area contributed by atoms with Crippen molar-refractivity contribution in [1.29, 1.82) is 0 Å². The summed E-state index contributed by atoms with van der Waals surface area (Å²) in [5, 5.41) is 0. The summed E-state index contributed by atoms with van der Waals surface area (Å²) in [6.45, 7) is 11.8. The van der Waals surface area contributed by atoms with E-state index in [1.165, 1.54) is 0 Å². The number of anilines is 1. The van der Waals surface area contributed by atoms with Crippen molar-refractivity contribution >= 4 is 23.3 Å². The standard InChI is InChI=1S/C29H34N4O2/c1-21-18-25(32-16-17-33(22(2)20-32)28(34)35-29(3,4)5)19-30-27(21)31-26(23-12-8-6-9-13-23)24-14-10-7-11-15-24/h6-15,18-19,22H,16-17,20H2,1-5H3/t22-/m0/s1. The monoisotopic (exact) mass is 470 g/mol. The van der Waals surface area contributed by atoms with E-state index < -0.39 is 5.60 Å². The van der Waals surface area contributed by atoms with E-state index in [9.17, 15) is 4.79 Å². The molecule has 1 saturated heterocycles. The number of aliphatic imine (C=N–C) groups is 1. The van der Waals surface area contributed by atoms with E-state index in [4.69, 9.17) is 14.7 Å². The zero-order valence-electron chi connectivity index (χ0n) is 21.2. The number of hydrogen-bond acceptors (Lipinski definition) is 5. The van der Waals surface area contributed by atoms with Gasteiger partial charge in [-0.15, -0.1) is 0 Å². The first-order chi connectivity index (χ1) is 16.7. The van der Waals surface area contributed by atoms with Gasteiger partial charge in [0, 0.05) is 36.8 Å². The van der Waals surface area contributed by atoms with Crippen molar-refractivity contribution in [2.75, 3.05) is 24.5 Å².